The van der Waals surface area contributed by atoms with Crippen LogP contribution in [-0.2, 0) is 27.7 Å². The first-order valence-electron chi connectivity index (χ1n) is 11.7. The molecule has 3 rings (SSSR count). The number of anilines is 1. The third-order valence-electron chi connectivity index (χ3n) is 5.70. The molecule has 0 heterocycles. The fourth-order valence-electron chi connectivity index (χ4n) is 3.77. The number of sulfonamides is 1. The van der Waals surface area contributed by atoms with E-state index in [-0.39, 0.29) is 17.2 Å². The van der Waals surface area contributed by atoms with E-state index in [1.807, 2.05) is 55.0 Å². The van der Waals surface area contributed by atoms with Gasteiger partial charge in [-0.25, -0.2) is 17.9 Å². The van der Waals surface area contributed by atoms with Crippen LogP contribution in [0.4, 0.5) is 10.5 Å². The Morgan fingerprint density at radius 3 is 2.19 bits per heavy atom. The number of benzene rings is 3. The first-order valence-corrected chi connectivity index (χ1v) is 13.2. The molecule has 1 atom stereocenters. The maximum absolute atomic E-state index is 13.6. The van der Waals surface area contributed by atoms with Crippen molar-refractivity contribution in [3.63, 3.8) is 0 Å². The summed E-state index contributed by atoms with van der Waals surface area (Å²) in [6.07, 6.45) is 0.840. The summed E-state index contributed by atoms with van der Waals surface area (Å²) in [5.41, 5.74) is 2.28. The Bertz CT molecular complexity index is 1280. The van der Waals surface area contributed by atoms with Gasteiger partial charge >= 0.3 is 6.03 Å². The molecule has 0 aliphatic carbocycles. The Labute approximate surface area is 212 Å². The lowest BCUT2D eigenvalue weighted by atomic mass is 10.0. The number of nitrogens with one attached hydrogen (secondary N) is 2. The maximum atomic E-state index is 13.6. The standard InChI is InChI=1S/C27H31N3O5S/c1-4-20-12-9-13-24(18-20)36(33,34)29-27(32)28-25(19-21-10-7-6-8-11-21)26(31)30(5-2)22-14-16-23(35-3)17-15-22/h6-18,25H,4-5,19H2,1-3H3,(H2,28,29,32)/t25-/m0/s1. The van der Waals surface area contributed by atoms with Crippen LogP contribution < -0.4 is 19.7 Å². The van der Waals surface area contributed by atoms with Gasteiger partial charge in [0.25, 0.3) is 10.0 Å². The van der Waals surface area contributed by atoms with Crippen molar-refractivity contribution < 1.29 is 22.7 Å². The number of hydrogen-bond acceptors (Lipinski definition) is 5. The predicted octanol–water partition coefficient (Wildman–Crippen LogP) is 3.91. The number of amides is 3. The summed E-state index contributed by atoms with van der Waals surface area (Å²) in [7, 11) is -2.56. The van der Waals surface area contributed by atoms with Crippen LogP contribution in [0.1, 0.15) is 25.0 Å². The van der Waals surface area contributed by atoms with Gasteiger partial charge < -0.3 is 15.0 Å². The molecule has 2 N–H and O–H groups in total. The fourth-order valence-corrected chi connectivity index (χ4v) is 4.75. The van der Waals surface area contributed by atoms with Gasteiger partial charge in [-0.2, -0.15) is 0 Å². The van der Waals surface area contributed by atoms with Crippen LogP contribution in [0.3, 0.4) is 0 Å². The number of carbonyl (C=O) groups excluding carboxylic acids is 2. The average Bonchev–Trinajstić information content (AvgIpc) is 2.89. The number of rotatable bonds is 10. The van der Waals surface area contributed by atoms with Gasteiger partial charge in [-0.15, -0.1) is 0 Å². The number of ether oxygens (including phenoxy) is 1. The van der Waals surface area contributed by atoms with E-state index in [9.17, 15) is 18.0 Å². The first kappa shape index (κ1) is 26.7. The van der Waals surface area contributed by atoms with Crippen molar-refractivity contribution in [1.82, 2.24) is 10.0 Å². The molecule has 36 heavy (non-hydrogen) atoms. The number of aryl methyl sites for hydroxylation is 1. The summed E-state index contributed by atoms with van der Waals surface area (Å²) in [4.78, 5) is 27.9. The normalized spacial score (nSPS) is 11.9. The molecule has 0 fully saturated rings. The maximum Gasteiger partial charge on any atom is 0.329 e. The molecule has 0 radical (unpaired) electrons. The summed E-state index contributed by atoms with van der Waals surface area (Å²) in [6, 6.07) is 20.6. The molecule has 190 valence electrons. The van der Waals surface area contributed by atoms with Gasteiger partial charge in [0, 0.05) is 18.7 Å². The second-order valence-electron chi connectivity index (χ2n) is 8.10. The van der Waals surface area contributed by atoms with Crippen molar-refractivity contribution in [1.29, 1.82) is 0 Å². The SMILES string of the molecule is CCc1cccc(S(=O)(=O)NC(=O)N[C@@H](Cc2ccccc2)C(=O)N(CC)c2ccc(OC)cc2)c1. The van der Waals surface area contributed by atoms with Crippen LogP contribution in [0.25, 0.3) is 0 Å². The van der Waals surface area contributed by atoms with E-state index < -0.39 is 22.1 Å². The Kier molecular flexibility index (Phi) is 9.08. The molecule has 0 unspecified atom stereocenters. The van der Waals surface area contributed by atoms with E-state index in [1.165, 1.54) is 17.0 Å². The van der Waals surface area contributed by atoms with Crippen LogP contribution >= 0.6 is 0 Å². The highest BCUT2D eigenvalue weighted by atomic mass is 32.2. The van der Waals surface area contributed by atoms with Crippen LogP contribution in [0.15, 0.2) is 83.8 Å². The van der Waals surface area contributed by atoms with Crippen LogP contribution in [0.5, 0.6) is 5.75 Å². The van der Waals surface area contributed by atoms with Gasteiger partial charge in [-0.3, -0.25) is 4.79 Å². The fraction of sp³-hybridized carbons (Fsp3) is 0.259. The molecule has 0 saturated heterocycles. The monoisotopic (exact) mass is 509 g/mol. The Balaban J connectivity index is 1.84. The molecule has 0 spiro atoms. The Morgan fingerprint density at radius 1 is 0.917 bits per heavy atom. The molecule has 0 saturated carbocycles. The molecule has 3 aromatic carbocycles. The molecular weight excluding hydrogens is 478 g/mol. The lowest BCUT2D eigenvalue weighted by Gasteiger charge is -2.27. The second-order valence-corrected chi connectivity index (χ2v) is 9.79. The number of hydrogen-bond donors (Lipinski definition) is 2. The number of carbonyl (C=O) groups is 2. The molecular formula is C27H31N3O5S. The minimum atomic E-state index is -4.12. The van der Waals surface area contributed by atoms with Crippen molar-refractivity contribution in [2.24, 2.45) is 0 Å². The first-order chi connectivity index (χ1) is 17.3. The minimum Gasteiger partial charge on any atom is -0.497 e. The highest BCUT2D eigenvalue weighted by Crippen LogP contribution is 2.21. The van der Waals surface area contributed by atoms with Crippen LogP contribution in [-0.4, -0.2) is 40.1 Å². The largest absolute Gasteiger partial charge is 0.497 e. The zero-order chi connectivity index (χ0) is 26.1. The number of nitrogens with zero attached hydrogens (tertiary/aromatic N) is 1. The Hall–Kier alpha value is -3.85. The molecule has 8 nitrogen and oxygen atoms in total. The zero-order valence-corrected chi connectivity index (χ0v) is 21.4. The molecule has 3 amide bonds. The molecule has 0 aliphatic rings. The number of likely N-dealkylation sites (N-methyl/N-ethyl adjacent to an activating group) is 1. The molecule has 0 aromatic heterocycles. The van der Waals surface area contributed by atoms with Crippen LogP contribution in [0, 0.1) is 0 Å². The summed E-state index contributed by atoms with van der Waals surface area (Å²) in [5.74, 6) is 0.282. The van der Waals surface area contributed by atoms with E-state index in [4.69, 9.17) is 4.74 Å². The quantitative estimate of drug-likeness (QED) is 0.431. The summed E-state index contributed by atoms with van der Waals surface area (Å²) in [6.45, 7) is 4.09. The average molecular weight is 510 g/mol. The highest BCUT2D eigenvalue weighted by molar-refractivity contribution is 7.90. The van der Waals surface area contributed by atoms with Crippen molar-refractivity contribution in [3.8, 4) is 5.75 Å². The third-order valence-corrected chi connectivity index (χ3v) is 7.03. The Morgan fingerprint density at radius 2 is 1.58 bits per heavy atom. The summed E-state index contributed by atoms with van der Waals surface area (Å²) in [5, 5.41) is 2.58. The van der Waals surface area contributed by atoms with E-state index in [1.54, 1.807) is 37.4 Å². The van der Waals surface area contributed by atoms with Gasteiger partial charge in [0.2, 0.25) is 5.91 Å². The molecule has 0 aliphatic heterocycles. The second kappa shape index (κ2) is 12.2. The van der Waals surface area contributed by atoms with E-state index in [0.29, 0.717) is 24.4 Å². The lowest BCUT2D eigenvalue weighted by molar-refractivity contribution is -0.120. The zero-order valence-electron chi connectivity index (χ0n) is 20.6. The lowest BCUT2D eigenvalue weighted by Crippen LogP contribution is -2.53. The van der Waals surface area contributed by atoms with Gasteiger partial charge in [0.05, 0.1) is 12.0 Å². The van der Waals surface area contributed by atoms with Gasteiger partial charge in [-0.05, 0) is 60.9 Å². The third kappa shape index (κ3) is 6.85. The van der Waals surface area contributed by atoms with Crippen molar-refractivity contribution in [3.05, 3.63) is 90.0 Å². The van der Waals surface area contributed by atoms with Gasteiger partial charge in [0.1, 0.15) is 11.8 Å². The predicted molar refractivity (Wildman–Crippen MR) is 140 cm³/mol. The summed E-state index contributed by atoms with van der Waals surface area (Å²) < 4.78 is 32.9. The number of urea groups is 1. The molecule has 3 aromatic rings. The van der Waals surface area contributed by atoms with Gasteiger partial charge in [0.15, 0.2) is 0 Å². The van der Waals surface area contributed by atoms with Crippen molar-refractivity contribution >= 4 is 27.6 Å². The van der Waals surface area contributed by atoms with E-state index in [2.05, 4.69) is 5.32 Å². The smallest absolute Gasteiger partial charge is 0.329 e. The van der Waals surface area contributed by atoms with Crippen molar-refractivity contribution in [2.75, 3.05) is 18.6 Å². The summed E-state index contributed by atoms with van der Waals surface area (Å²) >= 11 is 0. The van der Waals surface area contributed by atoms with E-state index >= 15 is 0 Å². The van der Waals surface area contributed by atoms with E-state index in [0.717, 1.165) is 11.1 Å². The highest BCUT2D eigenvalue weighted by Gasteiger charge is 2.28. The van der Waals surface area contributed by atoms with Gasteiger partial charge in [-0.1, -0.05) is 49.4 Å². The molecule has 9 heteroatoms. The molecule has 0 bridgehead atoms. The van der Waals surface area contributed by atoms with Crippen LogP contribution in [0.2, 0.25) is 0 Å². The topological polar surface area (TPSA) is 105 Å². The minimum absolute atomic E-state index is 0.0173. The van der Waals surface area contributed by atoms with Crippen molar-refractivity contribution in [2.45, 2.75) is 37.6 Å². The number of methoxy groups -OCH3 is 1.